The average Bonchev–Trinajstić information content (AvgIpc) is 3.35. The van der Waals surface area contributed by atoms with E-state index in [0.29, 0.717) is 0 Å². The van der Waals surface area contributed by atoms with E-state index in [4.69, 9.17) is 5.11 Å². The number of carboxylic acids is 1. The Morgan fingerprint density at radius 1 is 1.24 bits per heavy atom. The molecule has 0 spiro atoms. The highest BCUT2D eigenvalue weighted by molar-refractivity contribution is 5.89. The second-order valence-electron chi connectivity index (χ2n) is 6.20. The van der Waals surface area contributed by atoms with Crippen molar-refractivity contribution in [1.29, 1.82) is 0 Å². The molecule has 0 amide bonds. The van der Waals surface area contributed by atoms with Crippen LogP contribution in [0.1, 0.15) is 23.2 Å². The molecule has 1 aromatic carbocycles. The molecule has 1 saturated carbocycles. The van der Waals surface area contributed by atoms with Crippen molar-refractivity contribution in [3.8, 4) is 11.1 Å². The fraction of sp³-hybridized carbons (Fsp3) is 0.333. The first-order chi connectivity index (χ1) is 11.0. The Hall–Kier alpha value is -1.82. The highest BCUT2D eigenvalue weighted by Gasteiger charge is 2.41. The fourth-order valence-electron chi connectivity index (χ4n) is 2.81. The molecule has 1 aliphatic carbocycles. The Morgan fingerprint density at radius 3 is 2.56 bits per heavy atom. The summed E-state index contributed by atoms with van der Waals surface area (Å²) in [4.78, 5) is 17.6. The van der Waals surface area contributed by atoms with Crippen molar-refractivity contribution >= 4 is 36.5 Å². The van der Waals surface area contributed by atoms with Crippen LogP contribution in [0, 0.1) is 0 Å². The van der Waals surface area contributed by atoms with Gasteiger partial charge >= 0.3 is 5.97 Å². The Kier molecular flexibility index (Phi) is 7.23. The van der Waals surface area contributed by atoms with Crippen molar-refractivity contribution in [3.05, 3.63) is 48.3 Å². The maximum absolute atomic E-state index is 11.1. The molecule has 7 heteroatoms. The van der Waals surface area contributed by atoms with Crippen LogP contribution in [0.5, 0.6) is 0 Å². The van der Waals surface area contributed by atoms with Crippen molar-refractivity contribution in [2.24, 2.45) is 0 Å². The van der Waals surface area contributed by atoms with E-state index in [1.54, 1.807) is 24.4 Å². The molecule has 0 atom stereocenters. The van der Waals surface area contributed by atoms with Gasteiger partial charge in [0.2, 0.25) is 0 Å². The number of halogens is 2. The second kappa shape index (κ2) is 8.52. The van der Waals surface area contributed by atoms with Crippen molar-refractivity contribution in [3.63, 3.8) is 0 Å². The predicted octanol–water partition coefficient (Wildman–Crippen LogP) is 3.48. The van der Waals surface area contributed by atoms with Gasteiger partial charge in [-0.05, 0) is 43.7 Å². The zero-order valence-corrected chi connectivity index (χ0v) is 15.9. The molecule has 2 aromatic rings. The van der Waals surface area contributed by atoms with E-state index in [0.717, 1.165) is 23.4 Å². The third-order valence-corrected chi connectivity index (χ3v) is 4.53. The topological polar surface area (TPSA) is 65.5 Å². The number of pyridine rings is 1. The third kappa shape index (κ3) is 4.84. The van der Waals surface area contributed by atoms with Crippen LogP contribution in [0.2, 0.25) is 0 Å². The van der Waals surface area contributed by atoms with Crippen LogP contribution in [-0.2, 0) is 0 Å². The standard InChI is InChI=1S/C18H21N3O2.2ClH/c1-19-18(6-7-18)12-21(2)16-9-15(10-20-11-16)13-4-3-5-14(8-13)17(22)23;;/h3-5,8-11,19H,6-7,12H2,1-2H3,(H,22,23);2*1H. The number of benzene rings is 1. The molecule has 1 aromatic heterocycles. The van der Waals surface area contributed by atoms with E-state index in [1.165, 1.54) is 12.8 Å². The lowest BCUT2D eigenvalue weighted by molar-refractivity contribution is 0.0697. The number of rotatable bonds is 6. The number of anilines is 1. The van der Waals surface area contributed by atoms with Gasteiger partial charge in [0.25, 0.3) is 0 Å². The number of nitrogens with one attached hydrogen (secondary N) is 1. The lowest BCUT2D eigenvalue weighted by Gasteiger charge is -2.25. The number of carboxylic acid groups (broad SMARTS) is 1. The van der Waals surface area contributed by atoms with Crippen molar-refractivity contribution in [2.75, 3.05) is 25.5 Å². The smallest absolute Gasteiger partial charge is 0.335 e. The van der Waals surface area contributed by atoms with Gasteiger partial charge in [0.1, 0.15) is 0 Å². The van der Waals surface area contributed by atoms with Crippen molar-refractivity contribution in [2.45, 2.75) is 18.4 Å². The minimum Gasteiger partial charge on any atom is -0.478 e. The molecule has 1 fully saturated rings. The van der Waals surface area contributed by atoms with E-state index >= 15 is 0 Å². The van der Waals surface area contributed by atoms with E-state index in [2.05, 4.69) is 28.3 Å². The summed E-state index contributed by atoms with van der Waals surface area (Å²) in [6, 6.07) is 9.00. The molecule has 0 radical (unpaired) electrons. The largest absolute Gasteiger partial charge is 0.478 e. The van der Waals surface area contributed by atoms with E-state index in [9.17, 15) is 4.79 Å². The highest BCUT2D eigenvalue weighted by Crippen LogP contribution is 2.36. The first kappa shape index (κ1) is 21.2. The van der Waals surface area contributed by atoms with Gasteiger partial charge in [-0.1, -0.05) is 12.1 Å². The lowest BCUT2D eigenvalue weighted by atomic mass is 10.0. The first-order valence-electron chi connectivity index (χ1n) is 7.72. The van der Waals surface area contributed by atoms with E-state index < -0.39 is 5.97 Å². The summed E-state index contributed by atoms with van der Waals surface area (Å²) in [6.07, 6.45) is 6.00. The summed E-state index contributed by atoms with van der Waals surface area (Å²) >= 11 is 0. The molecule has 1 aliphatic rings. The Bertz CT molecular complexity index is 736. The monoisotopic (exact) mass is 383 g/mol. The number of likely N-dealkylation sites (N-methyl/N-ethyl adjacent to an activating group) is 2. The quantitative estimate of drug-likeness (QED) is 0.799. The summed E-state index contributed by atoms with van der Waals surface area (Å²) in [6.45, 7) is 0.934. The number of hydrogen-bond acceptors (Lipinski definition) is 4. The van der Waals surface area contributed by atoms with Gasteiger partial charge < -0.3 is 15.3 Å². The van der Waals surface area contributed by atoms with Gasteiger partial charge in [-0.15, -0.1) is 24.8 Å². The van der Waals surface area contributed by atoms with Crippen LogP contribution in [0.25, 0.3) is 11.1 Å². The molecule has 0 saturated heterocycles. The van der Waals surface area contributed by atoms with Gasteiger partial charge in [0, 0.05) is 30.9 Å². The summed E-state index contributed by atoms with van der Waals surface area (Å²) in [5, 5.41) is 12.5. The van der Waals surface area contributed by atoms with E-state index in [1.807, 2.05) is 19.3 Å². The molecule has 3 rings (SSSR count). The predicted molar refractivity (Wildman–Crippen MR) is 105 cm³/mol. The van der Waals surface area contributed by atoms with E-state index in [-0.39, 0.29) is 35.9 Å². The maximum Gasteiger partial charge on any atom is 0.335 e. The van der Waals surface area contributed by atoms with Gasteiger partial charge in [-0.3, -0.25) is 4.98 Å². The highest BCUT2D eigenvalue weighted by atomic mass is 35.5. The number of hydrogen-bond donors (Lipinski definition) is 2. The van der Waals surface area contributed by atoms with Gasteiger partial charge in [-0.25, -0.2) is 4.79 Å². The average molecular weight is 384 g/mol. The molecule has 0 bridgehead atoms. The molecule has 2 N–H and O–H groups in total. The maximum atomic E-state index is 11.1. The second-order valence-corrected chi connectivity index (χ2v) is 6.20. The Labute approximate surface area is 160 Å². The molecular weight excluding hydrogens is 361 g/mol. The zero-order chi connectivity index (χ0) is 16.4. The molecule has 5 nitrogen and oxygen atoms in total. The molecule has 25 heavy (non-hydrogen) atoms. The number of nitrogens with zero attached hydrogens (tertiary/aromatic N) is 2. The Morgan fingerprint density at radius 2 is 1.96 bits per heavy atom. The number of carbonyl (C=O) groups is 1. The van der Waals surface area contributed by atoms with Crippen molar-refractivity contribution in [1.82, 2.24) is 10.3 Å². The minimum absolute atomic E-state index is 0. The number of aromatic carboxylic acids is 1. The molecule has 136 valence electrons. The first-order valence-corrected chi connectivity index (χ1v) is 7.72. The molecule has 1 heterocycles. The molecule has 0 aliphatic heterocycles. The lowest BCUT2D eigenvalue weighted by Crippen LogP contribution is -2.39. The van der Waals surface area contributed by atoms with Crippen molar-refractivity contribution < 1.29 is 9.90 Å². The van der Waals surface area contributed by atoms with Crippen LogP contribution in [-0.4, -0.2) is 42.2 Å². The summed E-state index contributed by atoms with van der Waals surface area (Å²) < 4.78 is 0. The Balaban J connectivity index is 0.00000156. The summed E-state index contributed by atoms with van der Waals surface area (Å²) in [5.74, 6) is -0.919. The van der Waals surface area contributed by atoms with Gasteiger partial charge in [0.15, 0.2) is 0 Å². The summed E-state index contributed by atoms with van der Waals surface area (Å²) in [7, 11) is 4.07. The van der Waals surface area contributed by atoms with Crippen LogP contribution in [0.3, 0.4) is 0 Å². The fourth-order valence-corrected chi connectivity index (χ4v) is 2.81. The van der Waals surface area contributed by atoms with Crippen LogP contribution in [0.15, 0.2) is 42.7 Å². The normalized spacial score (nSPS) is 14.0. The zero-order valence-electron chi connectivity index (χ0n) is 14.2. The van der Waals surface area contributed by atoms with Crippen LogP contribution in [0.4, 0.5) is 5.69 Å². The molecule has 0 unspecified atom stereocenters. The minimum atomic E-state index is -0.919. The van der Waals surface area contributed by atoms with Crippen LogP contribution < -0.4 is 10.2 Å². The SMILES string of the molecule is CNC1(CN(C)c2cncc(-c3cccc(C(=O)O)c3)c2)CC1.Cl.Cl. The third-order valence-electron chi connectivity index (χ3n) is 4.53. The molecular formula is C18H23Cl2N3O2. The van der Waals surface area contributed by atoms with Gasteiger partial charge in [-0.2, -0.15) is 0 Å². The van der Waals surface area contributed by atoms with Gasteiger partial charge in [0.05, 0.1) is 17.4 Å². The van der Waals surface area contributed by atoms with Crippen LogP contribution >= 0.6 is 24.8 Å². The number of aromatic nitrogens is 1. The summed E-state index contributed by atoms with van der Waals surface area (Å²) in [5.41, 5.74) is 3.33.